The summed E-state index contributed by atoms with van der Waals surface area (Å²) in [4.78, 5) is 4.81. The van der Waals surface area contributed by atoms with Gasteiger partial charge in [0.25, 0.3) is 0 Å². The first kappa shape index (κ1) is 14.9. The first-order chi connectivity index (χ1) is 10.1. The largest absolute Gasteiger partial charge is 0.253 e. The van der Waals surface area contributed by atoms with Crippen molar-refractivity contribution in [3.05, 3.63) is 75.2 Å². The van der Waals surface area contributed by atoms with Crippen LogP contribution in [0.3, 0.4) is 0 Å². The molecule has 0 aliphatic heterocycles. The molecule has 21 heavy (non-hydrogen) atoms. The Morgan fingerprint density at radius 3 is 2.71 bits per heavy atom. The van der Waals surface area contributed by atoms with Gasteiger partial charge in [0.15, 0.2) is 0 Å². The number of rotatable bonds is 3. The average molecular weight is 456 g/mol. The molecule has 1 heterocycles. The number of hydrogen-bond donors (Lipinski definition) is 0. The fourth-order valence-corrected chi connectivity index (χ4v) is 4.28. The molecule has 1 unspecified atom stereocenters. The number of para-hydroxylation sites is 1. The molecule has 0 bridgehead atoms. The Kier molecular flexibility index (Phi) is 4.54. The first-order valence-corrected chi connectivity index (χ1v) is 8.56. The number of hydrogen-bond acceptors (Lipinski definition) is 1. The predicted octanol–water partition coefficient (Wildman–Crippen LogP) is 5.66. The summed E-state index contributed by atoms with van der Waals surface area (Å²) in [6, 6.07) is 17.1. The van der Waals surface area contributed by atoms with Gasteiger partial charge >= 0.3 is 0 Å². The number of aromatic nitrogens is 1. The lowest BCUT2D eigenvalue weighted by molar-refractivity contribution is 0.625. The van der Waals surface area contributed by atoms with Gasteiger partial charge in [-0.3, -0.25) is 4.98 Å². The van der Waals surface area contributed by atoms with Gasteiger partial charge < -0.3 is 0 Å². The van der Waals surface area contributed by atoms with Crippen LogP contribution in [0.15, 0.2) is 54.6 Å². The van der Waals surface area contributed by atoms with Gasteiger partial charge in [0, 0.05) is 25.9 Å². The third-order valence-electron chi connectivity index (χ3n) is 3.34. The maximum Gasteiger partial charge on any atom is 0.124 e. The molecule has 0 saturated carbocycles. The molecular formula is C17H12BrFIN. The third kappa shape index (κ3) is 3.43. The van der Waals surface area contributed by atoms with Crippen molar-refractivity contribution in [2.45, 2.75) is 11.2 Å². The van der Waals surface area contributed by atoms with Crippen molar-refractivity contribution < 1.29 is 4.39 Å². The van der Waals surface area contributed by atoms with E-state index in [1.807, 2.05) is 30.3 Å². The lowest BCUT2D eigenvalue weighted by Crippen LogP contribution is -2.00. The number of benzene rings is 2. The quantitative estimate of drug-likeness (QED) is 0.367. The molecule has 0 N–H and O–H groups in total. The summed E-state index contributed by atoms with van der Waals surface area (Å²) in [5, 5.41) is 1.14. The van der Waals surface area contributed by atoms with Crippen LogP contribution in [0.25, 0.3) is 10.9 Å². The van der Waals surface area contributed by atoms with E-state index < -0.39 is 0 Å². The highest BCUT2D eigenvalue weighted by molar-refractivity contribution is 14.1. The van der Waals surface area contributed by atoms with Gasteiger partial charge in [0.05, 0.1) is 5.52 Å². The molecule has 1 nitrogen and oxygen atoms in total. The molecule has 0 amide bonds. The number of pyridine rings is 1. The van der Waals surface area contributed by atoms with Gasteiger partial charge in [0.1, 0.15) is 5.82 Å². The highest BCUT2D eigenvalue weighted by Gasteiger charge is 2.13. The molecule has 0 spiro atoms. The van der Waals surface area contributed by atoms with Crippen LogP contribution < -0.4 is 0 Å². The number of nitrogens with zero attached hydrogens (tertiary/aromatic N) is 1. The molecule has 0 radical (unpaired) electrons. The Labute approximate surface area is 144 Å². The number of fused-ring (bicyclic) bond motifs is 1. The van der Waals surface area contributed by atoms with Gasteiger partial charge in [-0.25, -0.2) is 4.39 Å². The van der Waals surface area contributed by atoms with E-state index in [1.165, 1.54) is 6.07 Å². The van der Waals surface area contributed by atoms with Crippen LogP contribution >= 0.6 is 38.5 Å². The molecule has 4 heteroatoms. The van der Waals surface area contributed by atoms with Crippen molar-refractivity contribution in [2.75, 3.05) is 0 Å². The van der Waals surface area contributed by atoms with Crippen LogP contribution in [0.4, 0.5) is 4.39 Å². The van der Waals surface area contributed by atoms with E-state index in [0.717, 1.165) is 32.2 Å². The van der Waals surface area contributed by atoms with E-state index in [4.69, 9.17) is 0 Å². The topological polar surface area (TPSA) is 12.9 Å². The zero-order chi connectivity index (χ0) is 14.8. The number of halogens is 3. The highest BCUT2D eigenvalue weighted by Crippen LogP contribution is 2.31. The van der Waals surface area contributed by atoms with Gasteiger partial charge in [-0.1, -0.05) is 46.3 Å². The Bertz CT molecular complexity index is 791. The molecular weight excluding hydrogens is 444 g/mol. The van der Waals surface area contributed by atoms with Gasteiger partial charge in [-0.05, 0) is 52.4 Å². The average Bonchev–Trinajstić information content (AvgIpc) is 2.47. The Balaban J connectivity index is 1.87. The van der Waals surface area contributed by atoms with E-state index in [-0.39, 0.29) is 10.6 Å². The van der Waals surface area contributed by atoms with Gasteiger partial charge in [-0.15, -0.1) is 0 Å². The Morgan fingerprint density at radius 1 is 1.10 bits per heavy atom. The fourth-order valence-electron chi connectivity index (χ4n) is 2.27. The van der Waals surface area contributed by atoms with Crippen LogP contribution in [-0.4, -0.2) is 4.98 Å². The van der Waals surface area contributed by atoms with Gasteiger partial charge in [0.2, 0.25) is 0 Å². The standard InChI is InChI=1S/C17H12BrFIN/c18-15(14-8-6-12(19)9-16(14)20)10-13-7-5-11-3-1-2-4-17(11)21-13/h1-9,15H,10H2. The molecule has 0 aliphatic rings. The maximum atomic E-state index is 13.2. The summed E-state index contributed by atoms with van der Waals surface area (Å²) in [6.45, 7) is 0. The van der Waals surface area contributed by atoms with Crippen molar-refractivity contribution >= 4 is 49.4 Å². The summed E-state index contributed by atoms with van der Waals surface area (Å²) < 4.78 is 14.1. The van der Waals surface area contributed by atoms with Gasteiger partial charge in [-0.2, -0.15) is 0 Å². The second-order valence-electron chi connectivity index (χ2n) is 4.83. The zero-order valence-corrected chi connectivity index (χ0v) is 14.8. The predicted molar refractivity (Wildman–Crippen MR) is 96.2 cm³/mol. The SMILES string of the molecule is Fc1ccc(C(Br)Cc2ccc3ccccc3n2)c(I)c1. The van der Waals surface area contributed by atoms with Crippen LogP contribution in [0.5, 0.6) is 0 Å². The Hall–Kier alpha value is -1.01. The molecule has 1 atom stereocenters. The van der Waals surface area contributed by atoms with Crippen LogP contribution in [0.1, 0.15) is 16.1 Å². The minimum atomic E-state index is -0.202. The van der Waals surface area contributed by atoms with E-state index >= 15 is 0 Å². The van der Waals surface area contributed by atoms with Crippen LogP contribution in [0.2, 0.25) is 0 Å². The highest BCUT2D eigenvalue weighted by atomic mass is 127. The summed E-state index contributed by atoms with van der Waals surface area (Å²) in [6.07, 6.45) is 0.770. The molecule has 106 valence electrons. The van der Waals surface area contributed by atoms with Crippen molar-refractivity contribution in [3.63, 3.8) is 0 Å². The van der Waals surface area contributed by atoms with Crippen LogP contribution in [-0.2, 0) is 6.42 Å². The minimum Gasteiger partial charge on any atom is -0.253 e. The molecule has 1 aromatic heterocycles. The molecule has 0 saturated heterocycles. The summed E-state index contributed by atoms with van der Waals surface area (Å²) >= 11 is 5.86. The summed E-state index contributed by atoms with van der Waals surface area (Å²) in [5.74, 6) is -0.202. The second-order valence-corrected chi connectivity index (χ2v) is 7.10. The lowest BCUT2D eigenvalue weighted by atomic mass is 10.1. The zero-order valence-electron chi connectivity index (χ0n) is 11.1. The van der Waals surface area contributed by atoms with E-state index in [0.29, 0.717) is 0 Å². The summed E-state index contributed by atoms with van der Waals surface area (Å²) in [5.41, 5.74) is 3.12. The van der Waals surface area contributed by atoms with Crippen molar-refractivity contribution in [1.82, 2.24) is 4.98 Å². The first-order valence-electron chi connectivity index (χ1n) is 6.57. The third-order valence-corrected chi connectivity index (χ3v) is 5.10. The monoisotopic (exact) mass is 455 g/mol. The van der Waals surface area contributed by atoms with Crippen molar-refractivity contribution in [1.29, 1.82) is 0 Å². The molecule has 0 fully saturated rings. The molecule has 0 aliphatic carbocycles. The van der Waals surface area contributed by atoms with E-state index in [1.54, 1.807) is 6.07 Å². The van der Waals surface area contributed by atoms with Crippen LogP contribution in [0, 0.1) is 9.39 Å². The summed E-state index contributed by atoms with van der Waals surface area (Å²) in [7, 11) is 0. The number of alkyl halides is 1. The van der Waals surface area contributed by atoms with E-state index in [9.17, 15) is 4.39 Å². The Morgan fingerprint density at radius 2 is 1.90 bits per heavy atom. The van der Waals surface area contributed by atoms with Crippen molar-refractivity contribution in [3.8, 4) is 0 Å². The maximum absolute atomic E-state index is 13.2. The fraction of sp³-hybridized carbons (Fsp3) is 0.118. The molecule has 3 rings (SSSR count). The lowest BCUT2D eigenvalue weighted by Gasteiger charge is -2.12. The minimum absolute atomic E-state index is 0.124. The van der Waals surface area contributed by atoms with Crippen molar-refractivity contribution in [2.24, 2.45) is 0 Å². The van der Waals surface area contributed by atoms with E-state index in [2.05, 4.69) is 55.6 Å². The smallest absolute Gasteiger partial charge is 0.124 e. The second kappa shape index (κ2) is 6.40. The normalized spacial score (nSPS) is 12.5. The molecule has 2 aromatic carbocycles. The molecule has 3 aromatic rings.